The van der Waals surface area contributed by atoms with E-state index in [1.54, 1.807) is 0 Å². The Morgan fingerprint density at radius 3 is 1.63 bits per heavy atom. The first-order chi connectivity index (χ1) is 29.8. The summed E-state index contributed by atoms with van der Waals surface area (Å²) in [5.41, 5.74) is 20.1. The van der Waals surface area contributed by atoms with E-state index in [4.69, 9.17) is 9.97 Å². The number of para-hydroxylation sites is 1. The lowest BCUT2D eigenvalue weighted by Crippen LogP contribution is -2.26. The Bertz CT molecular complexity index is 3320. The number of anilines is 3. The van der Waals surface area contributed by atoms with Gasteiger partial charge in [0, 0.05) is 28.1 Å². The van der Waals surface area contributed by atoms with Gasteiger partial charge < -0.3 is 0 Å². The van der Waals surface area contributed by atoms with Crippen LogP contribution in [0.15, 0.2) is 212 Å². The van der Waals surface area contributed by atoms with Gasteiger partial charge in [-0.3, -0.25) is 4.90 Å². The van der Waals surface area contributed by atoms with E-state index in [9.17, 15) is 0 Å². The van der Waals surface area contributed by atoms with Crippen molar-refractivity contribution in [3.05, 3.63) is 235 Å². The molecule has 1 aliphatic heterocycles. The van der Waals surface area contributed by atoms with E-state index in [1.165, 1.54) is 77.5 Å². The second-order valence-corrected chi connectivity index (χ2v) is 16.0. The molecular weight excluding hydrogens is 727 g/mol. The molecule has 0 amide bonds. The third-order valence-electron chi connectivity index (χ3n) is 13.0. The summed E-state index contributed by atoms with van der Waals surface area (Å²) in [5, 5.41) is 2.47. The molecule has 1 spiro atoms. The molecule has 60 heavy (non-hydrogen) atoms. The van der Waals surface area contributed by atoms with Crippen molar-refractivity contribution in [2.45, 2.75) is 5.41 Å². The maximum absolute atomic E-state index is 5.38. The minimum atomic E-state index is -0.503. The SMILES string of the molecule is c1ccc(-c2cc(N3c4ccccc4-c4cc5c(c6cccc3c46)-c3ccccc3C53c4ccccc4-c4c(-c5ccccc5)cccc43)nc(-c3ccccc3)n2)cc1. The van der Waals surface area contributed by atoms with Gasteiger partial charge in [0.05, 0.1) is 22.5 Å². The van der Waals surface area contributed by atoms with Crippen LogP contribution in [0, 0.1) is 0 Å². The predicted molar refractivity (Wildman–Crippen MR) is 246 cm³/mol. The summed E-state index contributed by atoms with van der Waals surface area (Å²) in [6.45, 7) is 0. The van der Waals surface area contributed by atoms with Gasteiger partial charge in [-0.2, -0.15) is 0 Å². The quantitative estimate of drug-likeness (QED) is 0.179. The normalized spacial score (nSPS) is 15.0. The fourth-order valence-electron chi connectivity index (χ4n) is 10.7. The van der Waals surface area contributed by atoms with Crippen LogP contribution >= 0.6 is 0 Å². The molecule has 3 nitrogen and oxygen atoms in total. The van der Waals surface area contributed by atoms with Gasteiger partial charge in [-0.05, 0) is 84.8 Å². The first kappa shape index (κ1) is 33.1. The Balaban J connectivity index is 1.12. The summed E-state index contributed by atoms with van der Waals surface area (Å²) in [6.07, 6.45) is 0. The van der Waals surface area contributed by atoms with Crippen LogP contribution in [0.5, 0.6) is 0 Å². The predicted octanol–water partition coefficient (Wildman–Crippen LogP) is 14.4. The molecule has 2 heterocycles. The Morgan fingerprint density at radius 2 is 0.900 bits per heavy atom. The van der Waals surface area contributed by atoms with Crippen LogP contribution < -0.4 is 4.90 Å². The number of nitrogens with zero attached hydrogens (tertiary/aromatic N) is 3. The van der Waals surface area contributed by atoms with Gasteiger partial charge in [0.15, 0.2) is 5.82 Å². The molecule has 1 atom stereocenters. The van der Waals surface area contributed by atoms with Crippen LogP contribution in [0.4, 0.5) is 17.2 Å². The zero-order valence-corrected chi connectivity index (χ0v) is 32.5. The molecule has 3 heteroatoms. The Hall–Kier alpha value is -7.88. The van der Waals surface area contributed by atoms with E-state index in [0.29, 0.717) is 5.82 Å². The van der Waals surface area contributed by atoms with Gasteiger partial charge in [0.2, 0.25) is 0 Å². The highest BCUT2D eigenvalue weighted by atomic mass is 15.2. The second-order valence-electron chi connectivity index (χ2n) is 16.0. The number of hydrogen-bond donors (Lipinski definition) is 0. The van der Waals surface area contributed by atoms with Gasteiger partial charge in [-0.1, -0.05) is 188 Å². The van der Waals surface area contributed by atoms with Crippen molar-refractivity contribution in [1.29, 1.82) is 0 Å². The summed E-state index contributed by atoms with van der Waals surface area (Å²) in [5.74, 6) is 1.53. The molecule has 2 aliphatic carbocycles. The molecule has 0 saturated heterocycles. The molecule has 1 aromatic heterocycles. The van der Waals surface area contributed by atoms with Gasteiger partial charge in [0.1, 0.15) is 5.82 Å². The number of aromatic nitrogens is 2. The average molecular weight is 762 g/mol. The first-order valence-corrected chi connectivity index (χ1v) is 20.7. The minimum absolute atomic E-state index is 0.503. The third-order valence-corrected chi connectivity index (χ3v) is 13.0. The molecule has 3 aliphatic rings. The van der Waals surface area contributed by atoms with Crippen LogP contribution in [-0.4, -0.2) is 9.97 Å². The molecule has 0 bridgehead atoms. The minimum Gasteiger partial charge on any atom is -0.294 e. The van der Waals surface area contributed by atoms with Crippen LogP contribution in [0.1, 0.15) is 22.3 Å². The summed E-state index contributed by atoms with van der Waals surface area (Å²) in [7, 11) is 0. The van der Waals surface area contributed by atoms with Crippen LogP contribution in [0.2, 0.25) is 0 Å². The maximum Gasteiger partial charge on any atom is 0.162 e. The van der Waals surface area contributed by atoms with E-state index in [2.05, 4.69) is 205 Å². The van der Waals surface area contributed by atoms with Crippen molar-refractivity contribution in [2.75, 3.05) is 4.90 Å². The maximum atomic E-state index is 5.38. The lowest BCUT2D eigenvalue weighted by molar-refractivity contribution is 0.795. The second kappa shape index (κ2) is 12.6. The zero-order chi connectivity index (χ0) is 39.4. The molecule has 0 saturated carbocycles. The van der Waals surface area contributed by atoms with E-state index in [0.717, 1.165) is 34.0 Å². The van der Waals surface area contributed by atoms with Gasteiger partial charge in [-0.25, -0.2) is 9.97 Å². The highest BCUT2D eigenvalue weighted by Crippen LogP contribution is 2.66. The summed E-state index contributed by atoms with van der Waals surface area (Å²) in [4.78, 5) is 12.9. The molecular formula is C57H35N3. The van der Waals surface area contributed by atoms with Crippen molar-refractivity contribution in [3.8, 4) is 67.2 Å². The smallest absolute Gasteiger partial charge is 0.162 e. The first-order valence-electron chi connectivity index (χ1n) is 20.7. The van der Waals surface area contributed by atoms with Crippen molar-refractivity contribution in [2.24, 2.45) is 0 Å². The largest absolute Gasteiger partial charge is 0.294 e. The third kappa shape index (κ3) is 4.44. The topological polar surface area (TPSA) is 29.0 Å². The average Bonchev–Trinajstić information content (AvgIpc) is 3.80. The van der Waals surface area contributed by atoms with Gasteiger partial charge in [-0.15, -0.1) is 0 Å². The van der Waals surface area contributed by atoms with Gasteiger partial charge in [0.25, 0.3) is 0 Å². The van der Waals surface area contributed by atoms with Crippen molar-refractivity contribution >= 4 is 28.0 Å². The number of benzene rings is 9. The highest BCUT2D eigenvalue weighted by molar-refractivity contribution is 6.20. The van der Waals surface area contributed by atoms with Crippen LogP contribution in [0.3, 0.4) is 0 Å². The molecule has 1 unspecified atom stereocenters. The molecule has 0 radical (unpaired) electrons. The molecule has 9 aromatic carbocycles. The summed E-state index contributed by atoms with van der Waals surface area (Å²) in [6, 6.07) is 77.3. The van der Waals surface area contributed by atoms with E-state index in [-0.39, 0.29) is 0 Å². The molecule has 0 fully saturated rings. The number of hydrogen-bond acceptors (Lipinski definition) is 3. The zero-order valence-electron chi connectivity index (χ0n) is 32.5. The number of fused-ring (bicyclic) bond motifs is 13. The lowest BCUT2D eigenvalue weighted by atomic mass is 9.69. The Labute approximate surface area is 348 Å². The van der Waals surface area contributed by atoms with Crippen LogP contribution in [-0.2, 0) is 5.41 Å². The van der Waals surface area contributed by atoms with Crippen molar-refractivity contribution in [1.82, 2.24) is 9.97 Å². The Kier molecular flexibility index (Phi) is 6.93. The molecule has 0 N–H and O–H groups in total. The molecule has 13 rings (SSSR count). The fourth-order valence-corrected chi connectivity index (χ4v) is 10.7. The van der Waals surface area contributed by atoms with E-state index < -0.39 is 5.41 Å². The highest BCUT2D eigenvalue weighted by Gasteiger charge is 2.53. The Morgan fingerprint density at radius 1 is 0.350 bits per heavy atom. The van der Waals surface area contributed by atoms with E-state index >= 15 is 0 Å². The summed E-state index contributed by atoms with van der Waals surface area (Å²) < 4.78 is 0. The molecule has 278 valence electrons. The monoisotopic (exact) mass is 761 g/mol. The van der Waals surface area contributed by atoms with Crippen molar-refractivity contribution < 1.29 is 0 Å². The van der Waals surface area contributed by atoms with Gasteiger partial charge >= 0.3 is 0 Å². The standard InChI is InChI=1S/C57H35N3/c1-4-18-36(19-5-1)39-27-16-31-47-53(39)41-25-10-13-29-45(41)57(47)46-30-14-11-26-42(46)54-43-28-17-33-51-55(43)44(34-48(54)57)40-24-12-15-32-50(40)60(51)52-35-49(37-20-6-2-7-21-37)58-56(59-52)38-22-8-3-9-23-38/h1-35H. The molecule has 10 aromatic rings. The number of rotatable bonds is 4. The fraction of sp³-hybridized carbons (Fsp3) is 0.0175. The van der Waals surface area contributed by atoms with Crippen LogP contribution in [0.25, 0.3) is 77.9 Å². The summed E-state index contributed by atoms with van der Waals surface area (Å²) >= 11 is 0. The van der Waals surface area contributed by atoms with E-state index in [1.807, 2.05) is 12.1 Å². The van der Waals surface area contributed by atoms with Crippen molar-refractivity contribution in [3.63, 3.8) is 0 Å². The lowest BCUT2D eigenvalue weighted by Gasteiger charge is -2.35.